The second-order valence-electron chi connectivity index (χ2n) is 6.75. The van der Waals surface area contributed by atoms with Gasteiger partial charge in [0.05, 0.1) is 24.7 Å². The van der Waals surface area contributed by atoms with Gasteiger partial charge in [0, 0.05) is 30.6 Å². The molecule has 4 rings (SSSR count). The molecule has 1 aliphatic rings. The van der Waals surface area contributed by atoms with Crippen molar-refractivity contribution in [3.63, 3.8) is 0 Å². The van der Waals surface area contributed by atoms with Gasteiger partial charge in [0.25, 0.3) is 5.91 Å². The van der Waals surface area contributed by atoms with E-state index >= 15 is 0 Å². The number of benzene rings is 2. The Labute approximate surface area is 164 Å². The fourth-order valence-corrected chi connectivity index (χ4v) is 3.47. The minimum atomic E-state index is -4.40. The Hall–Kier alpha value is -3.23. The molecule has 0 unspecified atom stereocenters. The number of methoxy groups -OCH3 is 1. The zero-order chi connectivity index (χ0) is 20.6. The van der Waals surface area contributed by atoms with Crippen LogP contribution >= 0.6 is 0 Å². The first-order valence-electron chi connectivity index (χ1n) is 9.12. The quantitative estimate of drug-likeness (QED) is 0.709. The summed E-state index contributed by atoms with van der Waals surface area (Å²) in [5.41, 5.74) is 0.143. The average molecular weight is 404 g/mol. The smallest absolute Gasteiger partial charge is 0.416 e. The molecule has 1 aromatic heterocycles. The van der Waals surface area contributed by atoms with Crippen LogP contribution in [-0.4, -0.2) is 42.4 Å². The Morgan fingerprint density at radius 3 is 2.62 bits per heavy atom. The SMILES string of the molecule is COc1ccc(C(=O)NCCN2CCn3nc4cc(C(F)(F)F)ccc4c32)cc1. The van der Waals surface area contributed by atoms with E-state index in [-0.39, 0.29) is 5.91 Å². The van der Waals surface area contributed by atoms with E-state index in [9.17, 15) is 18.0 Å². The van der Waals surface area contributed by atoms with Gasteiger partial charge in [-0.15, -0.1) is 0 Å². The van der Waals surface area contributed by atoms with Crippen LogP contribution in [0, 0.1) is 0 Å². The number of alkyl halides is 3. The highest BCUT2D eigenvalue weighted by molar-refractivity contribution is 5.94. The second-order valence-corrected chi connectivity index (χ2v) is 6.75. The third kappa shape index (κ3) is 3.72. The van der Waals surface area contributed by atoms with Gasteiger partial charge in [-0.1, -0.05) is 0 Å². The molecule has 0 saturated heterocycles. The lowest BCUT2D eigenvalue weighted by Gasteiger charge is -2.18. The summed E-state index contributed by atoms with van der Waals surface area (Å²) in [5, 5.41) is 7.84. The number of halogens is 3. The number of hydrogen-bond acceptors (Lipinski definition) is 4. The molecule has 0 fully saturated rings. The fraction of sp³-hybridized carbons (Fsp3) is 0.300. The van der Waals surface area contributed by atoms with Gasteiger partial charge in [-0.2, -0.15) is 18.3 Å². The average Bonchev–Trinajstić information content (AvgIpc) is 3.26. The summed E-state index contributed by atoms with van der Waals surface area (Å²) < 4.78 is 45.6. The van der Waals surface area contributed by atoms with Crippen LogP contribution in [0.15, 0.2) is 42.5 Å². The predicted octanol–water partition coefficient (Wildman–Crippen LogP) is 3.31. The highest BCUT2D eigenvalue weighted by Gasteiger charge is 2.32. The molecule has 0 saturated carbocycles. The van der Waals surface area contributed by atoms with Crippen molar-refractivity contribution in [2.24, 2.45) is 0 Å². The van der Waals surface area contributed by atoms with Crippen molar-refractivity contribution in [2.45, 2.75) is 12.7 Å². The van der Waals surface area contributed by atoms with Crippen LogP contribution in [-0.2, 0) is 12.7 Å². The van der Waals surface area contributed by atoms with Crippen LogP contribution in [0.3, 0.4) is 0 Å². The van der Waals surface area contributed by atoms with E-state index in [0.717, 1.165) is 18.0 Å². The zero-order valence-corrected chi connectivity index (χ0v) is 15.7. The number of nitrogens with zero attached hydrogens (tertiary/aromatic N) is 3. The van der Waals surface area contributed by atoms with E-state index < -0.39 is 11.7 Å². The zero-order valence-electron chi connectivity index (χ0n) is 15.7. The van der Waals surface area contributed by atoms with Gasteiger partial charge in [-0.3, -0.25) is 4.79 Å². The Bertz CT molecular complexity index is 1040. The van der Waals surface area contributed by atoms with Gasteiger partial charge >= 0.3 is 6.18 Å². The molecule has 29 heavy (non-hydrogen) atoms. The number of hydrogen-bond donors (Lipinski definition) is 1. The second kappa shape index (κ2) is 7.31. The third-order valence-electron chi connectivity index (χ3n) is 4.94. The molecule has 0 atom stereocenters. The Balaban J connectivity index is 1.43. The van der Waals surface area contributed by atoms with Crippen molar-refractivity contribution < 1.29 is 22.7 Å². The number of anilines is 1. The first kappa shape index (κ1) is 19.1. The Kier molecular flexibility index (Phi) is 4.81. The van der Waals surface area contributed by atoms with Crippen molar-refractivity contribution in [1.82, 2.24) is 15.1 Å². The lowest BCUT2D eigenvalue weighted by atomic mass is 10.1. The van der Waals surface area contributed by atoms with E-state index in [1.807, 2.05) is 4.90 Å². The summed E-state index contributed by atoms with van der Waals surface area (Å²) in [7, 11) is 1.56. The van der Waals surface area contributed by atoms with Crippen LogP contribution in [0.2, 0.25) is 0 Å². The molecule has 0 spiro atoms. The van der Waals surface area contributed by atoms with Crippen LogP contribution < -0.4 is 15.0 Å². The molecular weight excluding hydrogens is 385 g/mol. The molecule has 2 aromatic carbocycles. The summed E-state index contributed by atoms with van der Waals surface area (Å²) in [6, 6.07) is 10.4. The molecule has 6 nitrogen and oxygen atoms in total. The van der Waals surface area contributed by atoms with Crippen LogP contribution in [0.4, 0.5) is 19.0 Å². The summed E-state index contributed by atoms with van der Waals surface area (Å²) in [4.78, 5) is 14.3. The molecule has 1 amide bonds. The van der Waals surface area contributed by atoms with E-state index in [4.69, 9.17) is 4.74 Å². The lowest BCUT2D eigenvalue weighted by molar-refractivity contribution is -0.137. The van der Waals surface area contributed by atoms with Gasteiger partial charge in [0.15, 0.2) is 0 Å². The molecule has 0 radical (unpaired) electrons. The van der Waals surface area contributed by atoms with Crippen LogP contribution in [0.5, 0.6) is 5.75 Å². The van der Waals surface area contributed by atoms with Gasteiger partial charge in [0.1, 0.15) is 11.6 Å². The number of carbonyl (C=O) groups excluding carboxylic acids is 1. The molecule has 2 heterocycles. The van der Waals surface area contributed by atoms with Crippen molar-refractivity contribution in [1.29, 1.82) is 0 Å². The summed E-state index contributed by atoms with van der Waals surface area (Å²) in [6.45, 7) is 2.22. The van der Waals surface area contributed by atoms with Crippen LogP contribution in [0.25, 0.3) is 10.9 Å². The molecule has 1 aliphatic heterocycles. The molecule has 1 N–H and O–H groups in total. The van der Waals surface area contributed by atoms with Crippen molar-refractivity contribution >= 4 is 22.6 Å². The highest BCUT2D eigenvalue weighted by Crippen LogP contribution is 2.35. The lowest BCUT2D eigenvalue weighted by Crippen LogP contribution is -2.34. The molecule has 3 aromatic rings. The number of amides is 1. The number of aromatic nitrogens is 2. The van der Waals surface area contributed by atoms with Gasteiger partial charge in [-0.05, 0) is 42.5 Å². The minimum Gasteiger partial charge on any atom is -0.497 e. The summed E-state index contributed by atoms with van der Waals surface area (Å²) >= 11 is 0. The van der Waals surface area contributed by atoms with Gasteiger partial charge in [0.2, 0.25) is 0 Å². The topological polar surface area (TPSA) is 59.4 Å². The number of nitrogens with one attached hydrogen (secondary N) is 1. The molecule has 0 bridgehead atoms. The van der Waals surface area contributed by atoms with E-state index in [1.165, 1.54) is 6.07 Å². The Morgan fingerprint density at radius 2 is 1.93 bits per heavy atom. The number of fused-ring (bicyclic) bond motifs is 3. The first-order valence-corrected chi connectivity index (χ1v) is 9.12. The van der Waals surface area contributed by atoms with Gasteiger partial charge < -0.3 is 15.0 Å². The first-order chi connectivity index (χ1) is 13.9. The normalized spacial score (nSPS) is 13.6. The number of rotatable bonds is 5. The molecule has 0 aliphatic carbocycles. The monoisotopic (exact) mass is 404 g/mol. The number of ether oxygens (including phenoxy) is 1. The highest BCUT2D eigenvalue weighted by atomic mass is 19.4. The predicted molar refractivity (Wildman–Crippen MR) is 102 cm³/mol. The molecule has 9 heteroatoms. The largest absolute Gasteiger partial charge is 0.497 e. The van der Waals surface area contributed by atoms with Crippen molar-refractivity contribution in [2.75, 3.05) is 31.6 Å². The van der Waals surface area contributed by atoms with Crippen molar-refractivity contribution in [3.05, 3.63) is 53.6 Å². The van der Waals surface area contributed by atoms with E-state index in [2.05, 4.69) is 10.4 Å². The molecule has 152 valence electrons. The number of carbonyl (C=O) groups is 1. The molecular formula is C20H19F3N4O2. The minimum absolute atomic E-state index is 0.194. The summed E-state index contributed by atoms with van der Waals surface area (Å²) in [6.07, 6.45) is -4.40. The van der Waals surface area contributed by atoms with Crippen molar-refractivity contribution in [3.8, 4) is 5.75 Å². The standard InChI is InChI=1S/C20H19F3N4O2/c1-29-15-5-2-13(3-6-15)18(28)24-8-9-26-10-11-27-19(26)16-7-4-14(20(21,22)23)12-17(16)25-27/h2-7,12H,8-11H2,1H3,(H,24,28). The maximum atomic E-state index is 12.9. The van der Waals surface area contributed by atoms with Crippen LogP contribution in [0.1, 0.15) is 15.9 Å². The third-order valence-corrected chi connectivity index (χ3v) is 4.94. The van der Waals surface area contributed by atoms with Gasteiger partial charge in [-0.25, -0.2) is 4.68 Å². The fourth-order valence-electron chi connectivity index (χ4n) is 3.47. The maximum absolute atomic E-state index is 12.9. The Morgan fingerprint density at radius 1 is 1.17 bits per heavy atom. The summed E-state index contributed by atoms with van der Waals surface area (Å²) in [5.74, 6) is 1.26. The maximum Gasteiger partial charge on any atom is 0.416 e. The van der Waals surface area contributed by atoms with E-state index in [0.29, 0.717) is 48.4 Å². The van der Waals surface area contributed by atoms with E-state index in [1.54, 1.807) is 36.1 Å².